The van der Waals surface area contributed by atoms with E-state index in [1.807, 2.05) is 0 Å². The van der Waals surface area contributed by atoms with Crippen molar-refractivity contribution in [3.63, 3.8) is 0 Å². The Morgan fingerprint density at radius 3 is 2.81 bits per heavy atom. The quantitative estimate of drug-likeness (QED) is 0.242. The smallest absolute Gasteiger partial charge is 0.227 e. The fraction of sp³-hybridized carbons (Fsp3) is 0.800. The zero-order chi connectivity index (χ0) is 12.0. The lowest BCUT2D eigenvalue weighted by molar-refractivity contribution is -0.120. The van der Waals surface area contributed by atoms with Gasteiger partial charge in [-0.2, -0.15) is 0 Å². The fourth-order valence-corrected chi connectivity index (χ4v) is 1.64. The molecule has 92 valence electrons. The van der Waals surface area contributed by atoms with Gasteiger partial charge in [0, 0.05) is 19.1 Å². The van der Waals surface area contributed by atoms with Crippen LogP contribution in [0.15, 0.2) is 5.16 Å². The van der Waals surface area contributed by atoms with Gasteiger partial charge in [0.25, 0.3) is 0 Å². The first kappa shape index (κ1) is 12.8. The molecular weight excluding hydrogens is 208 g/mol. The van der Waals surface area contributed by atoms with Crippen molar-refractivity contribution in [1.82, 2.24) is 10.2 Å². The van der Waals surface area contributed by atoms with Crippen molar-refractivity contribution in [2.45, 2.75) is 32.2 Å². The van der Waals surface area contributed by atoms with Crippen LogP contribution in [-0.4, -0.2) is 47.5 Å². The van der Waals surface area contributed by atoms with Gasteiger partial charge in [-0.05, 0) is 19.4 Å². The molecule has 4 N–H and O–H groups in total. The van der Waals surface area contributed by atoms with Crippen molar-refractivity contribution in [2.75, 3.05) is 19.6 Å². The van der Waals surface area contributed by atoms with Crippen molar-refractivity contribution >= 4 is 11.7 Å². The van der Waals surface area contributed by atoms with E-state index >= 15 is 0 Å². The van der Waals surface area contributed by atoms with E-state index in [0.29, 0.717) is 12.6 Å². The molecule has 0 saturated heterocycles. The van der Waals surface area contributed by atoms with Gasteiger partial charge in [-0.15, -0.1) is 0 Å². The minimum Gasteiger partial charge on any atom is -0.409 e. The Morgan fingerprint density at radius 1 is 1.62 bits per heavy atom. The lowest BCUT2D eigenvalue weighted by Crippen LogP contribution is -2.37. The summed E-state index contributed by atoms with van der Waals surface area (Å²) in [5.74, 6) is -0.269. The van der Waals surface area contributed by atoms with E-state index in [-0.39, 0.29) is 18.2 Å². The minimum atomic E-state index is -0.206. The topological polar surface area (TPSA) is 91.0 Å². The van der Waals surface area contributed by atoms with Crippen LogP contribution < -0.4 is 11.1 Å². The molecule has 1 aliphatic carbocycles. The average Bonchev–Trinajstić information content (AvgIpc) is 3.08. The van der Waals surface area contributed by atoms with Crippen LogP contribution in [-0.2, 0) is 4.79 Å². The van der Waals surface area contributed by atoms with E-state index in [2.05, 4.69) is 22.3 Å². The lowest BCUT2D eigenvalue weighted by Gasteiger charge is -2.19. The molecule has 1 amide bonds. The monoisotopic (exact) mass is 228 g/mol. The molecule has 6 nitrogen and oxygen atoms in total. The number of hydrogen-bond donors (Lipinski definition) is 3. The van der Waals surface area contributed by atoms with Crippen LogP contribution in [0.4, 0.5) is 0 Å². The molecule has 1 rings (SSSR count). The summed E-state index contributed by atoms with van der Waals surface area (Å²) < 4.78 is 0. The summed E-state index contributed by atoms with van der Waals surface area (Å²) in [5.41, 5.74) is 5.22. The Balaban J connectivity index is 2.11. The molecule has 0 bridgehead atoms. The number of amidine groups is 1. The summed E-state index contributed by atoms with van der Waals surface area (Å²) in [6, 6.07) is 0.714. The second-order valence-electron chi connectivity index (χ2n) is 3.98. The molecule has 0 radical (unpaired) electrons. The highest BCUT2D eigenvalue weighted by Crippen LogP contribution is 2.25. The number of nitrogens with two attached hydrogens (primary N) is 1. The van der Waals surface area contributed by atoms with Gasteiger partial charge in [-0.25, -0.2) is 0 Å². The second-order valence-corrected chi connectivity index (χ2v) is 3.98. The van der Waals surface area contributed by atoms with Crippen LogP contribution in [0.5, 0.6) is 0 Å². The number of carbonyl (C=O) groups is 1. The summed E-state index contributed by atoms with van der Waals surface area (Å²) >= 11 is 0. The van der Waals surface area contributed by atoms with Crippen molar-refractivity contribution in [3.8, 4) is 0 Å². The van der Waals surface area contributed by atoms with Crippen LogP contribution in [0.3, 0.4) is 0 Å². The molecule has 0 aliphatic heterocycles. The van der Waals surface area contributed by atoms with Gasteiger partial charge in [0.05, 0.1) is 6.42 Å². The molecule has 0 heterocycles. The van der Waals surface area contributed by atoms with Gasteiger partial charge < -0.3 is 16.3 Å². The van der Waals surface area contributed by atoms with Crippen LogP contribution >= 0.6 is 0 Å². The number of amides is 1. The van der Waals surface area contributed by atoms with Gasteiger partial charge in [0.2, 0.25) is 5.91 Å². The maximum Gasteiger partial charge on any atom is 0.227 e. The predicted molar refractivity (Wildman–Crippen MR) is 61.3 cm³/mol. The van der Waals surface area contributed by atoms with Crippen molar-refractivity contribution in [2.24, 2.45) is 10.9 Å². The number of carbonyl (C=O) groups excluding carboxylic acids is 1. The van der Waals surface area contributed by atoms with Gasteiger partial charge in [-0.1, -0.05) is 12.1 Å². The molecule has 0 atom stereocenters. The normalized spacial score (nSPS) is 16.5. The summed E-state index contributed by atoms with van der Waals surface area (Å²) in [6.07, 6.45) is 2.49. The number of hydrogen-bond acceptors (Lipinski definition) is 4. The zero-order valence-corrected chi connectivity index (χ0v) is 9.65. The molecule has 1 aliphatic rings. The molecule has 0 unspecified atom stereocenters. The third-order valence-electron chi connectivity index (χ3n) is 2.66. The SMILES string of the molecule is CCN(CCNC(=O)CC(N)=NO)C1CC1. The molecule has 0 aromatic heterocycles. The number of rotatable bonds is 7. The first-order valence-corrected chi connectivity index (χ1v) is 5.64. The lowest BCUT2D eigenvalue weighted by atomic mass is 10.3. The minimum absolute atomic E-state index is 0.0496. The van der Waals surface area contributed by atoms with E-state index in [0.717, 1.165) is 13.1 Å². The largest absolute Gasteiger partial charge is 0.409 e. The Kier molecular flexibility index (Phi) is 5.04. The average molecular weight is 228 g/mol. The van der Waals surface area contributed by atoms with E-state index in [4.69, 9.17) is 10.9 Å². The molecule has 16 heavy (non-hydrogen) atoms. The number of nitrogens with zero attached hydrogens (tertiary/aromatic N) is 2. The molecule has 0 aromatic carbocycles. The van der Waals surface area contributed by atoms with Crippen LogP contribution in [0.25, 0.3) is 0 Å². The number of likely N-dealkylation sites (N-methyl/N-ethyl adjacent to an activating group) is 1. The van der Waals surface area contributed by atoms with Gasteiger partial charge in [0.1, 0.15) is 5.84 Å². The molecule has 1 fully saturated rings. The molecular formula is C10H20N4O2. The third-order valence-corrected chi connectivity index (χ3v) is 2.66. The number of nitrogens with one attached hydrogen (secondary N) is 1. The van der Waals surface area contributed by atoms with E-state index in [9.17, 15) is 4.79 Å². The first-order valence-electron chi connectivity index (χ1n) is 5.64. The second kappa shape index (κ2) is 6.32. The van der Waals surface area contributed by atoms with Gasteiger partial charge in [-0.3, -0.25) is 9.69 Å². The summed E-state index contributed by atoms with van der Waals surface area (Å²) in [4.78, 5) is 13.6. The van der Waals surface area contributed by atoms with Crippen molar-refractivity contribution < 1.29 is 10.0 Å². The third kappa shape index (κ3) is 4.48. The van der Waals surface area contributed by atoms with Crippen LogP contribution in [0.1, 0.15) is 26.2 Å². The van der Waals surface area contributed by atoms with Gasteiger partial charge in [0.15, 0.2) is 0 Å². The fourth-order valence-electron chi connectivity index (χ4n) is 1.64. The Bertz CT molecular complexity index is 264. The Morgan fingerprint density at radius 2 is 2.31 bits per heavy atom. The predicted octanol–water partition coefficient (Wildman–Crippen LogP) is -0.277. The molecule has 6 heteroatoms. The molecule has 0 spiro atoms. The first-order chi connectivity index (χ1) is 7.67. The Hall–Kier alpha value is -1.30. The molecule has 0 aromatic rings. The van der Waals surface area contributed by atoms with Crippen LogP contribution in [0, 0.1) is 0 Å². The van der Waals surface area contributed by atoms with Crippen LogP contribution in [0.2, 0.25) is 0 Å². The highest BCUT2D eigenvalue weighted by Gasteiger charge is 2.27. The zero-order valence-electron chi connectivity index (χ0n) is 9.65. The Labute approximate surface area is 95.5 Å². The maximum absolute atomic E-state index is 11.3. The van der Waals surface area contributed by atoms with E-state index < -0.39 is 0 Å². The van der Waals surface area contributed by atoms with Crippen molar-refractivity contribution in [3.05, 3.63) is 0 Å². The number of oxime groups is 1. The molecule has 1 saturated carbocycles. The summed E-state index contributed by atoms with van der Waals surface area (Å²) in [7, 11) is 0. The van der Waals surface area contributed by atoms with E-state index in [1.54, 1.807) is 0 Å². The maximum atomic E-state index is 11.3. The summed E-state index contributed by atoms with van der Waals surface area (Å²) in [5, 5.41) is 13.8. The standard InChI is InChI=1S/C10H20N4O2/c1-2-14(8-3-4-8)6-5-12-10(15)7-9(11)13-16/h8,16H,2-7H2,1H3,(H2,11,13)(H,12,15). The summed E-state index contributed by atoms with van der Waals surface area (Å²) in [6.45, 7) is 4.61. The highest BCUT2D eigenvalue weighted by atomic mass is 16.4. The van der Waals surface area contributed by atoms with Gasteiger partial charge >= 0.3 is 0 Å². The van der Waals surface area contributed by atoms with E-state index in [1.165, 1.54) is 12.8 Å². The van der Waals surface area contributed by atoms with Crippen molar-refractivity contribution in [1.29, 1.82) is 0 Å². The highest BCUT2D eigenvalue weighted by molar-refractivity contribution is 5.98.